The lowest BCUT2D eigenvalue weighted by Gasteiger charge is -2.35. The van der Waals surface area contributed by atoms with Gasteiger partial charge in [0.2, 0.25) is 5.91 Å². The Labute approximate surface area is 155 Å². The van der Waals surface area contributed by atoms with E-state index in [0.717, 1.165) is 25.1 Å². The number of nitrogens with one attached hydrogen (secondary N) is 1. The molecule has 0 aromatic heterocycles. The standard InChI is InChI=1S/C21H28N2O3/c24-17-14-26-19(18(22-17)16-8-4-3-5-9-16)20(25)23-13-12-21(15-23)10-6-1-2-7-11-21/h3-5,8-9,18-19H,1-2,6-7,10-15H2,(H,22,24)/t18-,19+/m1/s1. The van der Waals surface area contributed by atoms with Gasteiger partial charge in [-0.05, 0) is 30.2 Å². The molecule has 0 unspecified atom stereocenters. The van der Waals surface area contributed by atoms with E-state index in [9.17, 15) is 9.59 Å². The zero-order chi connectivity index (χ0) is 18.0. The van der Waals surface area contributed by atoms with Crippen LogP contribution in [0.25, 0.3) is 0 Å². The highest BCUT2D eigenvalue weighted by molar-refractivity contribution is 5.86. The first-order valence-corrected chi connectivity index (χ1v) is 9.92. The predicted octanol–water partition coefficient (Wildman–Crippen LogP) is 2.82. The maximum absolute atomic E-state index is 13.3. The van der Waals surface area contributed by atoms with Crippen molar-refractivity contribution < 1.29 is 14.3 Å². The van der Waals surface area contributed by atoms with Crippen LogP contribution in [0.5, 0.6) is 0 Å². The van der Waals surface area contributed by atoms with Crippen molar-refractivity contribution in [2.24, 2.45) is 5.41 Å². The summed E-state index contributed by atoms with van der Waals surface area (Å²) in [6.45, 7) is 1.62. The fourth-order valence-corrected chi connectivity index (χ4v) is 4.87. The van der Waals surface area contributed by atoms with Crippen LogP contribution in [-0.2, 0) is 14.3 Å². The van der Waals surface area contributed by atoms with Crippen LogP contribution in [0, 0.1) is 5.41 Å². The zero-order valence-electron chi connectivity index (χ0n) is 15.3. The van der Waals surface area contributed by atoms with Gasteiger partial charge in [-0.25, -0.2) is 0 Å². The molecule has 2 amide bonds. The van der Waals surface area contributed by atoms with E-state index in [0.29, 0.717) is 5.41 Å². The number of benzene rings is 1. The molecule has 1 N–H and O–H groups in total. The van der Waals surface area contributed by atoms with Crippen molar-refractivity contribution in [1.82, 2.24) is 10.2 Å². The van der Waals surface area contributed by atoms with Crippen LogP contribution in [0.4, 0.5) is 0 Å². The smallest absolute Gasteiger partial charge is 0.254 e. The van der Waals surface area contributed by atoms with Crippen molar-refractivity contribution in [3.63, 3.8) is 0 Å². The summed E-state index contributed by atoms with van der Waals surface area (Å²) in [6.07, 6.45) is 8.16. The highest BCUT2D eigenvalue weighted by atomic mass is 16.5. The first-order valence-electron chi connectivity index (χ1n) is 9.92. The van der Waals surface area contributed by atoms with Crippen molar-refractivity contribution in [1.29, 1.82) is 0 Å². The van der Waals surface area contributed by atoms with Gasteiger partial charge in [0.15, 0.2) is 6.10 Å². The molecule has 2 atom stereocenters. The Morgan fingerprint density at radius 2 is 1.81 bits per heavy atom. The second-order valence-electron chi connectivity index (χ2n) is 8.11. The Bertz CT molecular complexity index is 652. The lowest BCUT2D eigenvalue weighted by Crippen LogP contribution is -2.53. The molecule has 3 aliphatic rings. The molecule has 1 aromatic rings. The summed E-state index contributed by atoms with van der Waals surface area (Å²) in [5.41, 5.74) is 1.23. The van der Waals surface area contributed by atoms with Crippen molar-refractivity contribution in [3.8, 4) is 0 Å². The third-order valence-electron chi connectivity index (χ3n) is 6.33. The van der Waals surface area contributed by atoms with E-state index in [1.807, 2.05) is 35.2 Å². The lowest BCUT2D eigenvalue weighted by molar-refractivity contribution is -0.154. The number of carbonyl (C=O) groups is 2. The van der Waals surface area contributed by atoms with Crippen molar-refractivity contribution in [2.75, 3.05) is 19.7 Å². The number of hydrogen-bond acceptors (Lipinski definition) is 3. The summed E-state index contributed by atoms with van der Waals surface area (Å²) >= 11 is 0. The summed E-state index contributed by atoms with van der Waals surface area (Å²) in [5.74, 6) is -0.135. The summed E-state index contributed by atoms with van der Waals surface area (Å²) in [6, 6.07) is 9.26. The minimum Gasteiger partial charge on any atom is -0.356 e. The van der Waals surface area contributed by atoms with Gasteiger partial charge >= 0.3 is 0 Å². The van der Waals surface area contributed by atoms with E-state index in [1.165, 1.54) is 38.5 Å². The highest BCUT2D eigenvalue weighted by Gasteiger charge is 2.44. The quantitative estimate of drug-likeness (QED) is 0.886. The van der Waals surface area contributed by atoms with E-state index in [2.05, 4.69) is 5.32 Å². The molecule has 2 saturated heterocycles. The molecule has 5 nitrogen and oxygen atoms in total. The number of hydrogen-bond donors (Lipinski definition) is 1. The normalized spacial score (nSPS) is 28.6. The van der Waals surface area contributed by atoms with Crippen molar-refractivity contribution in [3.05, 3.63) is 35.9 Å². The van der Waals surface area contributed by atoms with Crippen molar-refractivity contribution in [2.45, 2.75) is 57.1 Å². The average Bonchev–Trinajstić information content (AvgIpc) is 2.94. The van der Waals surface area contributed by atoms with Crippen LogP contribution < -0.4 is 5.32 Å². The topological polar surface area (TPSA) is 58.6 Å². The van der Waals surface area contributed by atoms with Crippen molar-refractivity contribution >= 4 is 11.8 Å². The summed E-state index contributed by atoms with van der Waals surface area (Å²) in [7, 11) is 0. The molecule has 1 aromatic carbocycles. The molecule has 1 aliphatic carbocycles. The van der Waals surface area contributed by atoms with Crippen LogP contribution in [0.2, 0.25) is 0 Å². The number of carbonyl (C=O) groups excluding carboxylic acids is 2. The molecule has 2 heterocycles. The maximum Gasteiger partial charge on any atom is 0.254 e. The number of morpholine rings is 1. The third-order valence-corrected chi connectivity index (χ3v) is 6.33. The Morgan fingerprint density at radius 3 is 2.54 bits per heavy atom. The van der Waals surface area contributed by atoms with E-state index in [4.69, 9.17) is 4.74 Å². The summed E-state index contributed by atoms with van der Waals surface area (Å²) in [5, 5.41) is 2.96. The first-order chi connectivity index (χ1) is 12.7. The molecular formula is C21H28N2O3. The number of ether oxygens (including phenoxy) is 1. The maximum atomic E-state index is 13.3. The van der Waals surface area contributed by atoms with E-state index >= 15 is 0 Å². The molecule has 2 aliphatic heterocycles. The SMILES string of the molecule is O=C1CO[C@H](C(=O)N2CCC3(CCCCCC3)C2)[C@@H](c2ccccc2)N1. The second-order valence-corrected chi connectivity index (χ2v) is 8.11. The van der Waals surface area contributed by atoms with Gasteiger partial charge in [0.1, 0.15) is 6.61 Å². The molecule has 5 heteroatoms. The molecule has 3 fully saturated rings. The van der Waals surface area contributed by atoms with Crippen LogP contribution in [0.1, 0.15) is 56.6 Å². The van der Waals surface area contributed by atoms with Crippen LogP contribution in [-0.4, -0.2) is 42.5 Å². The van der Waals surface area contributed by atoms with E-state index in [1.54, 1.807) is 0 Å². The van der Waals surface area contributed by atoms with Gasteiger partial charge in [-0.15, -0.1) is 0 Å². The van der Waals surface area contributed by atoms with E-state index in [-0.39, 0.29) is 18.4 Å². The Morgan fingerprint density at radius 1 is 1.08 bits per heavy atom. The molecule has 4 rings (SSSR count). The highest BCUT2D eigenvalue weighted by Crippen LogP contribution is 2.43. The van der Waals surface area contributed by atoms with Gasteiger partial charge in [-0.2, -0.15) is 0 Å². The van der Waals surface area contributed by atoms with Gasteiger partial charge in [-0.1, -0.05) is 56.0 Å². The number of likely N-dealkylation sites (tertiary alicyclic amines) is 1. The van der Waals surface area contributed by atoms with Gasteiger partial charge in [0, 0.05) is 13.1 Å². The summed E-state index contributed by atoms with van der Waals surface area (Å²) in [4.78, 5) is 27.1. The number of rotatable bonds is 2. The van der Waals surface area contributed by atoms with Gasteiger partial charge < -0.3 is 15.0 Å². The molecule has 26 heavy (non-hydrogen) atoms. The van der Waals surface area contributed by atoms with Gasteiger partial charge in [-0.3, -0.25) is 9.59 Å². The third kappa shape index (κ3) is 3.50. The van der Waals surface area contributed by atoms with Crippen LogP contribution in [0.3, 0.4) is 0 Å². The Hall–Kier alpha value is -1.88. The molecule has 1 saturated carbocycles. The fourth-order valence-electron chi connectivity index (χ4n) is 4.87. The van der Waals surface area contributed by atoms with Gasteiger partial charge in [0.25, 0.3) is 5.91 Å². The lowest BCUT2D eigenvalue weighted by atomic mass is 9.80. The fraction of sp³-hybridized carbons (Fsp3) is 0.619. The Kier molecular flexibility index (Phi) is 4.98. The minimum atomic E-state index is -0.629. The number of amides is 2. The first kappa shape index (κ1) is 17.5. The monoisotopic (exact) mass is 356 g/mol. The van der Waals surface area contributed by atoms with E-state index < -0.39 is 12.1 Å². The molecule has 140 valence electrons. The summed E-state index contributed by atoms with van der Waals surface area (Å²) < 4.78 is 5.73. The average molecular weight is 356 g/mol. The minimum absolute atomic E-state index is 0.0278. The van der Waals surface area contributed by atoms with Crippen LogP contribution >= 0.6 is 0 Å². The molecule has 1 spiro atoms. The van der Waals surface area contributed by atoms with Gasteiger partial charge in [0.05, 0.1) is 6.04 Å². The second kappa shape index (κ2) is 7.39. The largest absolute Gasteiger partial charge is 0.356 e. The zero-order valence-corrected chi connectivity index (χ0v) is 15.3. The van der Waals surface area contributed by atoms with Crippen LogP contribution in [0.15, 0.2) is 30.3 Å². The molecule has 0 bridgehead atoms. The predicted molar refractivity (Wildman–Crippen MR) is 98.4 cm³/mol. The number of nitrogens with zero attached hydrogens (tertiary/aromatic N) is 1. The molecular weight excluding hydrogens is 328 g/mol. The Balaban J connectivity index is 1.50. The molecule has 0 radical (unpaired) electrons.